The van der Waals surface area contributed by atoms with Crippen LogP contribution in [0.3, 0.4) is 0 Å². The van der Waals surface area contributed by atoms with Crippen molar-refractivity contribution in [1.82, 2.24) is 4.90 Å². The molecule has 1 fully saturated rings. The number of Topliss-reactive ketones (excluding diaryl/α,β-unsaturated/α-hetero) is 1. The highest BCUT2D eigenvalue weighted by atomic mass is 16.1. The zero-order chi connectivity index (χ0) is 9.14. The van der Waals surface area contributed by atoms with Gasteiger partial charge in [-0.25, -0.2) is 0 Å². The molecule has 2 nitrogen and oxygen atoms in total. The van der Waals surface area contributed by atoms with Crippen molar-refractivity contribution in [2.45, 2.75) is 13.3 Å². The molecule has 0 aromatic rings. The van der Waals surface area contributed by atoms with E-state index in [1.54, 1.807) is 0 Å². The van der Waals surface area contributed by atoms with Crippen LogP contribution in [0, 0.1) is 24.2 Å². The van der Waals surface area contributed by atoms with E-state index in [0.717, 1.165) is 13.1 Å². The van der Waals surface area contributed by atoms with Crippen LogP contribution < -0.4 is 0 Å². The molecule has 0 N–H and O–H groups in total. The maximum Gasteiger partial charge on any atom is 0.142 e. The highest BCUT2D eigenvalue weighted by Gasteiger charge is 2.29. The average molecular weight is 165 g/mol. The Balaban J connectivity index is 2.61. The van der Waals surface area contributed by atoms with E-state index in [9.17, 15) is 4.79 Å². The van der Waals surface area contributed by atoms with Crippen molar-refractivity contribution in [3.63, 3.8) is 0 Å². The maximum absolute atomic E-state index is 11.5. The predicted molar refractivity (Wildman–Crippen MR) is 48.6 cm³/mol. The molecular formula is C10H15NO. The van der Waals surface area contributed by atoms with E-state index in [2.05, 4.69) is 10.8 Å². The van der Waals surface area contributed by atoms with Gasteiger partial charge in [0, 0.05) is 31.3 Å². The van der Waals surface area contributed by atoms with Crippen molar-refractivity contribution in [1.29, 1.82) is 0 Å². The fourth-order valence-corrected chi connectivity index (χ4v) is 1.81. The topological polar surface area (TPSA) is 20.3 Å². The first-order chi connectivity index (χ1) is 5.65. The summed E-state index contributed by atoms with van der Waals surface area (Å²) in [6, 6.07) is 0. The standard InChI is InChI=1S/C10H15NO/c1-4-5-9-7-11(3)6-8(2)10(9)12/h1,8-9H,5-7H2,2-3H3. The van der Waals surface area contributed by atoms with Crippen molar-refractivity contribution in [3.8, 4) is 12.3 Å². The molecule has 0 aromatic carbocycles. The summed E-state index contributed by atoms with van der Waals surface area (Å²) in [5.74, 6) is 3.13. The molecule has 66 valence electrons. The van der Waals surface area contributed by atoms with Crippen molar-refractivity contribution in [3.05, 3.63) is 0 Å². The first-order valence-electron chi connectivity index (χ1n) is 4.31. The van der Waals surface area contributed by atoms with Crippen molar-refractivity contribution >= 4 is 5.78 Å². The van der Waals surface area contributed by atoms with Gasteiger partial charge < -0.3 is 4.90 Å². The number of carbonyl (C=O) groups excluding carboxylic acids is 1. The second-order valence-corrected chi connectivity index (χ2v) is 3.63. The van der Waals surface area contributed by atoms with Gasteiger partial charge in [-0.2, -0.15) is 0 Å². The molecule has 1 heterocycles. The lowest BCUT2D eigenvalue weighted by Crippen LogP contribution is -2.43. The fraction of sp³-hybridized carbons (Fsp3) is 0.700. The van der Waals surface area contributed by atoms with E-state index in [4.69, 9.17) is 6.42 Å². The Hall–Kier alpha value is -0.810. The zero-order valence-electron chi connectivity index (χ0n) is 7.71. The molecule has 1 saturated heterocycles. The van der Waals surface area contributed by atoms with E-state index in [1.807, 2.05) is 14.0 Å². The van der Waals surface area contributed by atoms with Gasteiger partial charge in [0.2, 0.25) is 0 Å². The molecule has 0 bridgehead atoms. The Bertz CT molecular complexity index is 216. The number of nitrogens with zero attached hydrogens (tertiary/aromatic N) is 1. The van der Waals surface area contributed by atoms with Crippen LogP contribution in [0.5, 0.6) is 0 Å². The van der Waals surface area contributed by atoms with Gasteiger partial charge in [0.05, 0.1) is 0 Å². The Kier molecular flexibility index (Phi) is 2.88. The minimum Gasteiger partial charge on any atom is -0.305 e. The van der Waals surface area contributed by atoms with Gasteiger partial charge in [-0.1, -0.05) is 6.92 Å². The second kappa shape index (κ2) is 3.73. The van der Waals surface area contributed by atoms with E-state index in [1.165, 1.54) is 0 Å². The number of piperidine rings is 1. The van der Waals surface area contributed by atoms with Crippen LogP contribution in [0.1, 0.15) is 13.3 Å². The monoisotopic (exact) mass is 165 g/mol. The third kappa shape index (κ3) is 1.86. The maximum atomic E-state index is 11.5. The molecule has 2 unspecified atom stereocenters. The number of likely N-dealkylation sites (tertiary alicyclic amines) is 1. The van der Waals surface area contributed by atoms with Gasteiger partial charge in [-0.05, 0) is 7.05 Å². The van der Waals surface area contributed by atoms with E-state index >= 15 is 0 Å². The largest absolute Gasteiger partial charge is 0.305 e. The fourth-order valence-electron chi connectivity index (χ4n) is 1.81. The van der Waals surface area contributed by atoms with Crippen molar-refractivity contribution in [2.75, 3.05) is 20.1 Å². The quantitative estimate of drug-likeness (QED) is 0.535. The molecule has 2 heteroatoms. The summed E-state index contributed by atoms with van der Waals surface area (Å²) in [4.78, 5) is 13.7. The third-order valence-electron chi connectivity index (χ3n) is 2.37. The molecule has 0 spiro atoms. The SMILES string of the molecule is C#CCC1CN(C)CC(C)C1=O. The number of terminal acetylenes is 1. The lowest BCUT2D eigenvalue weighted by atomic mass is 9.87. The van der Waals surface area contributed by atoms with Crippen LogP contribution >= 0.6 is 0 Å². The second-order valence-electron chi connectivity index (χ2n) is 3.63. The Labute approximate surface area is 73.9 Å². The number of hydrogen-bond donors (Lipinski definition) is 0. The molecule has 12 heavy (non-hydrogen) atoms. The molecule has 1 rings (SSSR count). The first-order valence-corrected chi connectivity index (χ1v) is 4.31. The van der Waals surface area contributed by atoms with E-state index in [0.29, 0.717) is 12.2 Å². The van der Waals surface area contributed by atoms with Gasteiger partial charge in [-0.3, -0.25) is 4.79 Å². The van der Waals surface area contributed by atoms with E-state index < -0.39 is 0 Å². The van der Waals surface area contributed by atoms with Crippen LogP contribution in [0.25, 0.3) is 0 Å². The van der Waals surface area contributed by atoms with Crippen molar-refractivity contribution < 1.29 is 4.79 Å². The Morgan fingerprint density at radius 3 is 2.92 bits per heavy atom. The van der Waals surface area contributed by atoms with Crippen molar-refractivity contribution in [2.24, 2.45) is 11.8 Å². The molecule has 2 atom stereocenters. The van der Waals surface area contributed by atoms with Gasteiger partial charge in [-0.15, -0.1) is 12.3 Å². The Morgan fingerprint density at radius 2 is 2.33 bits per heavy atom. The summed E-state index contributed by atoms with van der Waals surface area (Å²) < 4.78 is 0. The molecule has 0 aliphatic carbocycles. The molecule has 0 amide bonds. The smallest absolute Gasteiger partial charge is 0.142 e. The molecule has 1 aliphatic heterocycles. The van der Waals surface area contributed by atoms with Crippen LogP contribution in [-0.4, -0.2) is 30.8 Å². The number of carbonyl (C=O) groups is 1. The molecular weight excluding hydrogens is 150 g/mol. The predicted octanol–water partition coefficient (Wildman–Crippen LogP) is 0.776. The summed E-state index contributed by atoms with van der Waals surface area (Å²) >= 11 is 0. The lowest BCUT2D eigenvalue weighted by molar-refractivity contribution is -0.130. The average Bonchev–Trinajstić information content (AvgIpc) is 2.00. The minimum atomic E-state index is 0.0729. The third-order valence-corrected chi connectivity index (χ3v) is 2.37. The highest BCUT2D eigenvalue weighted by Crippen LogP contribution is 2.18. The van der Waals surface area contributed by atoms with Crippen LogP contribution in [0.4, 0.5) is 0 Å². The summed E-state index contributed by atoms with van der Waals surface area (Å²) in [6.07, 6.45) is 5.78. The highest BCUT2D eigenvalue weighted by molar-refractivity contribution is 5.84. The normalized spacial score (nSPS) is 31.6. The number of rotatable bonds is 1. The van der Waals surface area contributed by atoms with E-state index in [-0.39, 0.29) is 11.8 Å². The van der Waals surface area contributed by atoms with Gasteiger partial charge in [0.15, 0.2) is 0 Å². The van der Waals surface area contributed by atoms with Crippen LogP contribution in [-0.2, 0) is 4.79 Å². The van der Waals surface area contributed by atoms with Crippen LogP contribution in [0.2, 0.25) is 0 Å². The summed E-state index contributed by atoms with van der Waals surface area (Å²) in [5, 5.41) is 0. The lowest BCUT2D eigenvalue weighted by Gasteiger charge is -2.31. The number of hydrogen-bond acceptors (Lipinski definition) is 2. The summed E-state index contributed by atoms with van der Waals surface area (Å²) in [6.45, 7) is 3.68. The first kappa shape index (κ1) is 9.28. The van der Waals surface area contributed by atoms with Gasteiger partial charge in [0.1, 0.15) is 5.78 Å². The number of ketones is 1. The zero-order valence-corrected chi connectivity index (χ0v) is 7.71. The molecule has 1 aliphatic rings. The van der Waals surface area contributed by atoms with Crippen LogP contribution in [0.15, 0.2) is 0 Å². The molecule has 0 radical (unpaired) electrons. The Morgan fingerprint density at radius 1 is 1.67 bits per heavy atom. The summed E-state index contributed by atoms with van der Waals surface area (Å²) in [7, 11) is 2.03. The van der Waals surface area contributed by atoms with Gasteiger partial charge in [0.25, 0.3) is 0 Å². The minimum absolute atomic E-state index is 0.0729. The summed E-state index contributed by atoms with van der Waals surface area (Å²) in [5.41, 5.74) is 0. The molecule has 0 saturated carbocycles. The molecule has 0 aromatic heterocycles. The van der Waals surface area contributed by atoms with Gasteiger partial charge >= 0.3 is 0 Å².